The molecule has 0 spiro atoms. The zero-order valence-corrected chi connectivity index (χ0v) is 4.30. The number of hydrogen-bond donors (Lipinski definition) is 2. The van der Waals surface area contributed by atoms with Gasteiger partial charge in [-0.15, -0.1) is 0 Å². The molecule has 0 fully saturated rings. The van der Waals surface area contributed by atoms with Gasteiger partial charge in [0.15, 0.2) is 0 Å². The maximum absolute atomic E-state index is 8.85. The van der Waals surface area contributed by atoms with Crippen LogP contribution in [-0.2, 0) is 23.9 Å². The summed E-state index contributed by atoms with van der Waals surface area (Å²) in [6, 6.07) is 0. The van der Waals surface area contributed by atoms with Crippen LogP contribution in [0.3, 0.4) is 0 Å². The van der Waals surface area contributed by atoms with Gasteiger partial charge in [0.1, 0.15) is 0 Å². The summed E-state index contributed by atoms with van der Waals surface area (Å²) >= 11 is -7.12. The molecule has 4 N–H and O–H groups in total. The topological polar surface area (TPSA) is 123 Å². The Hall–Kier alpha value is -0.188. The number of rotatable bonds is 0. The summed E-state index contributed by atoms with van der Waals surface area (Å²) in [5.74, 6) is 0. The fourth-order valence-electron chi connectivity index (χ4n) is 0. The van der Waals surface area contributed by atoms with E-state index in [1.807, 2.05) is 0 Å². The molecule has 0 amide bonds. The van der Waals surface area contributed by atoms with Gasteiger partial charge in [-0.05, 0) is 0 Å². The van der Waals surface area contributed by atoms with Crippen molar-refractivity contribution in [2.45, 2.75) is 0 Å². The van der Waals surface area contributed by atoms with E-state index in [-0.39, 0.29) is 5.48 Å². The predicted octanol–water partition coefficient (Wildman–Crippen LogP) is -2.30. The zero-order valence-electron chi connectivity index (χ0n) is 3.03. The van der Waals surface area contributed by atoms with Crippen molar-refractivity contribution in [2.75, 3.05) is 0 Å². The summed E-state index contributed by atoms with van der Waals surface area (Å²) in [5, 5.41) is 0. The van der Waals surface area contributed by atoms with E-state index >= 15 is 0 Å². The summed E-state index contributed by atoms with van der Waals surface area (Å²) in [7, 11) is 0. The first-order chi connectivity index (χ1) is 2.24. The van der Waals surface area contributed by atoms with Gasteiger partial charge in [-0.1, -0.05) is 0 Å². The first-order valence-corrected chi connectivity index (χ1v) is 3.57. The minimum absolute atomic E-state index is 0. The molecule has 0 aromatic carbocycles. The van der Waals surface area contributed by atoms with Crippen LogP contribution >= 0.6 is 0 Å². The summed E-state index contributed by atoms with van der Waals surface area (Å²) in [6.45, 7) is 0. The molecular formula is H4CrO6. The van der Waals surface area contributed by atoms with Crippen molar-refractivity contribution in [1.29, 1.82) is 0 Å². The molecule has 0 aliphatic carbocycles. The minimum atomic E-state index is -7.12. The molecule has 0 aliphatic rings. The summed E-state index contributed by atoms with van der Waals surface area (Å²) in [5.41, 5.74) is 0. The molecule has 0 saturated carbocycles. The third-order valence-electron chi connectivity index (χ3n) is 0. The van der Waals surface area contributed by atoms with Crippen LogP contribution in [0.15, 0.2) is 0 Å². The van der Waals surface area contributed by atoms with Crippen LogP contribution in [0.25, 0.3) is 0 Å². The van der Waals surface area contributed by atoms with Gasteiger partial charge in [-0.3, -0.25) is 0 Å². The Labute approximate surface area is 38.6 Å². The van der Waals surface area contributed by atoms with E-state index in [1.165, 1.54) is 0 Å². The van der Waals surface area contributed by atoms with E-state index in [2.05, 4.69) is 0 Å². The molecule has 7 heavy (non-hydrogen) atoms. The van der Waals surface area contributed by atoms with Crippen LogP contribution in [0, 0.1) is 0 Å². The first kappa shape index (κ1) is 9.94. The van der Waals surface area contributed by atoms with E-state index < -0.39 is 12.5 Å². The Morgan fingerprint density at radius 1 is 1.00 bits per heavy atom. The second kappa shape index (κ2) is 1.40. The molecule has 0 rings (SSSR count). The van der Waals surface area contributed by atoms with Gasteiger partial charge in [0.25, 0.3) is 0 Å². The standard InChI is InChI=1S/Cr.3H2O.3O/h;3*1H2;;;/q+2;;;;;;/p-2. The fraction of sp³-hybridized carbons (Fsp3) is 0. The van der Waals surface area contributed by atoms with Crippen LogP contribution in [0.5, 0.6) is 0 Å². The van der Waals surface area contributed by atoms with Crippen LogP contribution in [0.4, 0.5) is 0 Å². The van der Waals surface area contributed by atoms with Gasteiger partial charge in [0, 0.05) is 0 Å². The molecule has 0 aliphatic heterocycles. The van der Waals surface area contributed by atoms with Gasteiger partial charge < -0.3 is 5.48 Å². The first-order valence-electron chi connectivity index (χ1n) is 0.865. The average molecular weight is 152 g/mol. The van der Waals surface area contributed by atoms with E-state index in [9.17, 15) is 0 Å². The third kappa shape index (κ3) is 2400. The Bertz CT molecular complexity index is 183. The van der Waals surface area contributed by atoms with Gasteiger partial charge >= 0.3 is 32.2 Å². The Morgan fingerprint density at radius 2 is 1.00 bits per heavy atom. The Morgan fingerprint density at radius 3 is 1.00 bits per heavy atom. The van der Waals surface area contributed by atoms with Crippen molar-refractivity contribution in [3.05, 3.63) is 0 Å². The Kier molecular flexibility index (Phi) is 1.98. The molecule has 6 nitrogen and oxygen atoms in total. The van der Waals surface area contributed by atoms with E-state index in [0.29, 0.717) is 0 Å². The predicted molar refractivity (Wildman–Crippen MR) is 10.1 cm³/mol. The second-order valence-electron chi connectivity index (χ2n) is 0.733. The molecule has 0 aromatic heterocycles. The molecule has 0 saturated heterocycles. The monoisotopic (exact) mass is 152 g/mol. The fourth-order valence-corrected chi connectivity index (χ4v) is 0. The SMILES string of the molecule is O.[O]=[Cr](=[O])(=[O])([OH])[OH]. The molecule has 46 valence electrons. The molecule has 0 heterocycles. The molecule has 7 heteroatoms. The van der Waals surface area contributed by atoms with Crippen LogP contribution in [-0.4, -0.2) is 13.8 Å². The zero-order chi connectivity index (χ0) is 5.45. The molecule has 0 atom stereocenters. The van der Waals surface area contributed by atoms with Crippen molar-refractivity contribution in [2.24, 2.45) is 0 Å². The van der Waals surface area contributed by atoms with Crippen LogP contribution < -0.4 is 0 Å². The van der Waals surface area contributed by atoms with Gasteiger partial charge in [-0.25, -0.2) is 0 Å². The van der Waals surface area contributed by atoms with E-state index in [4.69, 9.17) is 19.7 Å². The van der Waals surface area contributed by atoms with Crippen molar-refractivity contribution >= 4 is 0 Å². The third-order valence-corrected chi connectivity index (χ3v) is 0. The summed E-state index contributed by atoms with van der Waals surface area (Å²) in [4.78, 5) is 0. The van der Waals surface area contributed by atoms with Crippen molar-refractivity contribution < 1.29 is 37.7 Å². The molecule has 0 unspecified atom stereocenters. The normalized spacial score (nSPS) is 12.4. The van der Waals surface area contributed by atoms with E-state index in [0.717, 1.165) is 0 Å². The van der Waals surface area contributed by atoms with Gasteiger partial charge in [-0.2, -0.15) is 0 Å². The molecule has 0 bridgehead atoms. The summed E-state index contributed by atoms with van der Waals surface area (Å²) in [6.07, 6.45) is 0. The Balaban J connectivity index is 0. The van der Waals surface area contributed by atoms with Crippen molar-refractivity contribution in [1.82, 2.24) is 0 Å². The van der Waals surface area contributed by atoms with Gasteiger partial charge in [0.05, 0.1) is 0 Å². The van der Waals surface area contributed by atoms with Gasteiger partial charge in [0.2, 0.25) is 0 Å². The van der Waals surface area contributed by atoms with Crippen LogP contribution in [0.1, 0.15) is 0 Å². The summed E-state index contributed by atoms with van der Waals surface area (Å²) < 4.78 is 40.6. The molecule has 0 radical (unpaired) electrons. The number of hydrogen-bond acceptors (Lipinski definition) is 3. The van der Waals surface area contributed by atoms with E-state index in [1.54, 1.807) is 0 Å². The average Bonchev–Trinajstić information content (AvgIpc) is 0.650. The second-order valence-corrected chi connectivity index (χ2v) is 3.02. The molecular weight excluding hydrogens is 148 g/mol. The maximum atomic E-state index is 8.85. The van der Waals surface area contributed by atoms with Crippen LogP contribution in [0.2, 0.25) is 0 Å². The van der Waals surface area contributed by atoms with Crippen molar-refractivity contribution in [3.8, 4) is 0 Å². The van der Waals surface area contributed by atoms with Crippen molar-refractivity contribution in [3.63, 3.8) is 0 Å². The quantitative estimate of drug-likeness (QED) is 0.404. The molecule has 0 aromatic rings.